The molecule has 2 rings (SSSR count). The molecule has 0 spiro atoms. The van der Waals surface area contributed by atoms with Gasteiger partial charge in [0.1, 0.15) is 11.5 Å². The van der Waals surface area contributed by atoms with Crippen LogP contribution in [0.4, 0.5) is 13.2 Å². The van der Waals surface area contributed by atoms with Crippen molar-refractivity contribution in [3.63, 3.8) is 0 Å². The van der Waals surface area contributed by atoms with Gasteiger partial charge < -0.3 is 14.6 Å². The lowest BCUT2D eigenvalue weighted by molar-refractivity contribution is -0.137. The first-order chi connectivity index (χ1) is 13.8. The Morgan fingerprint density at radius 3 is 2.38 bits per heavy atom. The third-order valence-corrected chi connectivity index (χ3v) is 5.52. The highest BCUT2D eigenvalue weighted by atomic mass is 32.2. The monoisotopic (exact) mass is 428 g/mol. The van der Waals surface area contributed by atoms with E-state index in [1.807, 2.05) is 19.1 Å². The molecule has 0 aliphatic rings. The van der Waals surface area contributed by atoms with E-state index in [0.29, 0.717) is 25.4 Å². The second-order valence-electron chi connectivity index (χ2n) is 6.80. The zero-order valence-electron chi connectivity index (χ0n) is 16.7. The summed E-state index contributed by atoms with van der Waals surface area (Å²) < 4.78 is 49.2. The van der Waals surface area contributed by atoms with E-state index in [1.54, 1.807) is 11.8 Å². The number of hydrogen-bond acceptors (Lipinski definition) is 4. The number of hydrogen-bond donors (Lipinski definition) is 1. The first kappa shape index (κ1) is 23.4. The maximum atomic E-state index is 12.6. The standard InChI is InChI=1S/C22H27F3O3S/c1-3-12-27-21-9-8-20(13-16(21)2)29-15-17(10-11-26)14-28-19-6-4-18(5-7-19)22(23,24)25/h4-9,13,17,26H,3,10-12,14-15H2,1-2H3. The summed E-state index contributed by atoms with van der Waals surface area (Å²) in [7, 11) is 0. The Bertz CT molecular complexity index is 748. The Morgan fingerprint density at radius 2 is 1.79 bits per heavy atom. The molecular weight excluding hydrogens is 401 g/mol. The average Bonchev–Trinajstić information content (AvgIpc) is 2.69. The summed E-state index contributed by atoms with van der Waals surface area (Å²) >= 11 is 1.66. The Balaban J connectivity index is 1.89. The van der Waals surface area contributed by atoms with Gasteiger partial charge in [0.2, 0.25) is 0 Å². The number of thioether (sulfide) groups is 1. The molecule has 3 nitrogen and oxygen atoms in total. The van der Waals surface area contributed by atoms with Crippen LogP contribution in [0.15, 0.2) is 47.4 Å². The third kappa shape index (κ3) is 7.82. The molecule has 0 radical (unpaired) electrons. The van der Waals surface area contributed by atoms with Gasteiger partial charge in [0, 0.05) is 23.2 Å². The lowest BCUT2D eigenvalue weighted by Crippen LogP contribution is -2.16. The Morgan fingerprint density at radius 1 is 1.07 bits per heavy atom. The second kappa shape index (κ2) is 11.4. The first-order valence-electron chi connectivity index (χ1n) is 9.60. The fourth-order valence-corrected chi connectivity index (χ4v) is 3.77. The lowest BCUT2D eigenvalue weighted by Gasteiger charge is -2.17. The van der Waals surface area contributed by atoms with Crippen molar-refractivity contribution in [3.05, 3.63) is 53.6 Å². The first-order valence-corrected chi connectivity index (χ1v) is 10.6. The van der Waals surface area contributed by atoms with Crippen LogP contribution in [0.3, 0.4) is 0 Å². The highest BCUT2D eigenvalue weighted by Crippen LogP contribution is 2.31. The van der Waals surface area contributed by atoms with E-state index in [0.717, 1.165) is 40.5 Å². The maximum absolute atomic E-state index is 12.6. The third-order valence-electron chi connectivity index (χ3n) is 4.30. The minimum atomic E-state index is -4.36. The van der Waals surface area contributed by atoms with Gasteiger partial charge in [-0.2, -0.15) is 13.2 Å². The van der Waals surface area contributed by atoms with Crippen molar-refractivity contribution in [3.8, 4) is 11.5 Å². The van der Waals surface area contributed by atoms with Gasteiger partial charge in [-0.1, -0.05) is 6.92 Å². The number of aliphatic hydroxyl groups excluding tert-OH is 1. The number of benzene rings is 2. The molecule has 2 aromatic carbocycles. The molecule has 0 aliphatic heterocycles. The Hall–Kier alpha value is -1.86. The lowest BCUT2D eigenvalue weighted by atomic mass is 10.1. The van der Waals surface area contributed by atoms with E-state index in [1.165, 1.54) is 12.1 Å². The predicted octanol–water partition coefficient (Wildman–Crippen LogP) is 5.97. The van der Waals surface area contributed by atoms with Crippen LogP contribution < -0.4 is 9.47 Å². The van der Waals surface area contributed by atoms with E-state index in [-0.39, 0.29) is 12.5 Å². The van der Waals surface area contributed by atoms with Crippen molar-refractivity contribution >= 4 is 11.8 Å². The Kier molecular flexibility index (Phi) is 9.17. The van der Waals surface area contributed by atoms with E-state index in [9.17, 15) is 18.3 Å². The summed E-state index contributed by atoms with van der Waals surface area (Å²) in [6.45, 7) is 5.12. The predicted molar refractivity (Wildman–Crippen MR) is 110 cm³/mol. The van der Waals surface area contributed by atoms with Crippen molar-refractivity contribution in [1.82, 2.24) is 0 Å². The second-order valence-corrected chi connectivity index (χ2v) is 7.89. The molecule has 1 unspecified atom stereocenters. The molecule has 2 aromatic rings. The number of rotatable bonds is 11. The highest BCUT2D eigenvalue weighted by molar-refractivity contribution is 7.99. The summed E-state index contributed by atoms with van der Waals surface area (Å²) in [5, 5.41) is 9.31. The number of aryl methyl sites for hydroxylation is 1. The fourth-order valence-electron chi connectivity index (χ4n) is 2.65. The molecule has 29 heavy (non-hydrogen) atoms. The summed E-state index contributed by atoms with van der Waals surface area (Å²) in [4.78, 5) is 1.10. The number of halogens is 3. The van der Waals surface area contributed by atoms with Crippen LogP contribution in [0.5, 0.6) is 11.5 Å². The molecule has 0 saturated heterocycles. The number of alkyl halides is 3. The zero-order chi connectivity index (χ0) is 21.3. The van der Waals surface area contributed by atoms with E-state index in [4.69, 9.17) is 9.47 Å². The SMILES string of the molecule is CCCOc1ccc(SCC(CCO)COc2ccc(C(F)(F)F)cc2)cc1C. The molecule has 1 N–H and O–H groups in total. The molecule has 7 heteroatoms. The molecule has 0 bridgehead atoms. The quantitative estimate of drug-likeness (QED) is 0.448. The molecular formula is C22H27F3O3S. The van der Waals surface area contributed by atoms with Crippen LogP contribution >= 0.6 is 11.8 Å². The molecule has 0 amide bonds. The topological polar surface area (TPSA) is 38.7 Å². The molecule has 0 aromatic heterocycles. The van der Waals surface area contributed by atoms with Crippen LogP contribution in [-0.4, -0.2) is 30.7 Å². The van der Waals surface area contributed by atoms with Crippen LogP contribution in [0.25, 0.3) is 0 Å². The minimum Gasteiger partial charge on any atom is -0.493 e. The fraction of sp³-hybridized carbons (Fsp3) is 0.455. The van der Waals surface area contributed by atoms with Crippen molar-refractivity contribution in [1.29, 1.82) is 0 Å². The van der Waals surface area contributed by atoms with Gasteiger partial charge in [-0.3, -0.25) is 0 Å². The van der Waals surface area contributed by atoms with Crippen molar-refractivity contribution in [2.75, 3.05) is 25.6 Å². The highest BCUT2D eigenvalue weighted by Gasteiger charge is 2.30. The number of aliphatic hydroxyl groups is 1. The molecule has 0 heterocycles. The number of ether oxygens (including phenoxy) is 2. The van der Waals surface area contributed by atoms with E-state index >= 15 is 0 Å². The van der Waals surface area contributed by atoms with E-state index in [2.05, 4.69) is 13.0 Å². The molecule has 0 saturated carbocycles. The van der Waals surface area contributed by atoms with Gasteiger partial charge in [-0.25, -0.2) is 0 Å². The summed E-state index contributed by atoms with van der Waals surface area (Å²) in [6.07, 6.45) is -2.84. The minimum absolute atomic E-state index is 0.0322. The summed E-state index contributed by atoms with van der Waals surface area (Å²) in [6, 6.07) is 10.7. The largest absolute Gasteiger partial charge is 0.493 e. The van der Waals surface area contributed by atoms with Crippen molar-refractivity contribution in [2.24, 2.45) is 5.92 Å². The van der Waals surface area contributed by atoms with Crippen molar-refractivity contribution < 1.29 is 27.8 Å². The van der Waals surface area contributed by atoms with Gasteiger partial charge in [0.05, 0.1) is 18.8 Å². The van der Waals surface area contributed by atoms with Gasteiger partial charge >= 0.3 is 6.18 Å². The van der Waals surface area contributed by atoms with Crippen LogP contribution in [-0.2, 0) is 6.18 Å². The van der Waals surface area contributed by atoms with Gasteiger partial charge in [0.15, 0.2) is 0 Å². The molecule has 0 fully saturated rings. The maximum Gasteiger partial charge on any atom is 0.416 e. The zero-order valence-corrected chi connectivity index (χ0v) is 17.5. The van der Waals surface area contributed by atoms with Crippen LogP contribution in [0.2, 0.25) is 0 Å². The van der Waals surface area contributed by atoms with Gasteiger partial charge in [0.25, 0.3) is 0 Å². The van der Waals surface area contributed by atoms with Crippen molar-refractivity contribution in [2.45, 2.75) is 37.8 Å². The molecule has 0 aliphatic carbocycles. The van der Waals surface area contributed by atoms with Crippen LogP contribution in [0, 0.1) is 12.8 Å². The summed E-state index contributed by atoms with van der Waals surface area (Å²) in [5.74, 6) is 2.08. The van der Waals surface area contributed by atoms with Crippen LogP contribution in [0.1, 0.15) is 30.9 Å². The van der Waals surface area contributed by atoms with E-state index < -0.39 is 11.7 Å². The molecule has 160 valence electrons. The van der Waals surface area contributed by atoms with Gasteiger partial charge in [-0.05, 0) is 67.8 Å². The summed E-state index contributed by atoms with van der Waals surface area (Å²) in [5.41, 5.74) is 0.372. The molecule has 1 atom stereocenters. The smallest absolute Gasteiger partial charge is 0.416 e. The van der Waals surface area contributed by atoms with Gasteiger partial charge in [-0.15, -0.1) is 11.8 Å². The Labute approximate surface area is 174 Å². The average molecular weight is 429 g/mol. The normalized spacial score (nSPS) is 12.6.